The van der Waals surface area contributed by atoms with Crippen LogP contribution in [0.3, 0.4) is 0 Å². The van der Waals surface area contributed by atoms with Crippen molar-refractivity contribution in [3.05, 3.63) is 18.0 Å². The van der Waals surface area contributed by atoms with Crippen LogP contribution in [0.15, 0.2) is 12.3 Å². The second-order valence-electron chi connectivity index (χ2n) is 2.37. The number of aliphatic carboxylic acids is 1. The van der Waals surface area contributed by atoms with Gasteiger partial charge in [0.2, 0.25) is 0 Å². The minimum absolute atomic E-state index is 0.135. The van der Waals surface area contributed by atoms with Crippen LogP contribution in [0.4, 0.5) is 0 Å². The molecule has 12 heavy (non-hydrogen) atoms. The second kappa shape index (κ2) is 4.15. The molecular formula is C7H10N2O2S. The normalized spacial score (nSPS) is 10.1. The topological polar surface area (TPSA) is 55.1 Å². The Morgan fingerprint density at radius 3 is 3.08 bits per heavy atom. The first-order valence-electron chi connectivity index (χ1n) is 3.46. The highest BCUT2D eigenvalue weighted by atomic mass is 32.2. The average molecular weight is 186 g/mol. The molecule has 1 aromatic heterocycles. The van der Waals surface area contributed by atoms with Crippen LogP contribution in [-0.4, -0.2) is 26.6 Å². The summed E-state index contributed by atoms with van der Waals surface area (Å²) < 4.78 is 1.71. The maximum atomic E-state index is 10.1. The van der Waals surface area contributed by atoms with Crippen molar-refractivity contribution < 1.29 is 9.90 Å². The zero-order valence-electron chi connectivity index (χ0n) is 6.73. The molecule has 0 fully saturated rings. The van der Waals surface area contributed by atoms with Gasteiger partial charge in [0.1, 0.15) is 0 Å². The molecule has 0 unspecified atom stereocenters. The minimum atomic E-state index is -0.782. The van der Waals surface area contributed by atoms with Gasteiger partial charge in [-0.3, -0.25) is 9.48 Å². The van der Waals surface area contributed by atoms with Gasteiger partial charge in [-0.2, -0.15) is 5.10 Å². The van der Waals surface area contributed by atoms with E-state index in [2.05, 4.69) is 5.10 Å². The van der Waals surface area contributed by atoms with Crippen LogP contribution in [-0.2, 0) is 17.6 Å². The Labute approximate surface area is 74.6 Å². The lowest BCUT2D eigenvalue weighted by molar-refractivity contribution is -0.133. The summed E-state index contributed by atoms with van der Waals surface area (Å²) in [4.78, 5) is 10.1. The molecule has 0 amide bonds. The highest BCUT2D eigenvalue weighted by molar-refractivity contribution is 7.99. The van der Waals surface area contributed by atoms with Gasteiger partial charge in [0.15, 0.2) is 0 Å². The third kappa shape index (κ3) is 2.96. The van der Waals surface area contributed by atoms with E-state index in [9.17, 15) is 4.79 Å². The molecular weight excluding hydrogens is 176 g/mol. The first kappa shape index (κ1) is 9.12. The summed E-state index contributed by atoms with van der Waals surface area (Å²) in [5, 5.41) is 12.5. The number of carboxylic acids is 1. The van der Waals surface area contributed by atoms with Gasteiger partial charge >= 0.3 is 5.97 Å². The quantitative estimate of drug-likeness (QED) is 0.753. The summed E-state index contributed by atoms with van der Waals surface area (Å²) in [6.45, 7) is 0. The molecule has 0 spiro atoms. The van der Waals surface area contributed by atoms with Crippen LogP contribution in [0.2, 0.25) is 0 Å². The summed E-state index contributed by atoms with van der Waals surface area (Å²) in [6, 6.07) is 1.88. The standard InChI is InChI=1S/C7H10N2O2S/c1-9-3-2-6(8-9)4-12-5-7(10)11/h2-3H,4-5H2,1H3,(H,10,11). The van der Waals surface area contributed by atoms with Crippen molar-refractivity contribution >= 4 is 17.7 Å². The monoisotopic (exact) mass is 186 g/mol. The van der Waals surface area contributed by atoms with Crippen molar-refractivity contribution in [1.82, 2.24) is 9.78 Å². The van der Waals surface area contributed by atoms with E-state index >= 15 is 0 Å². The number of carboxylic acid groups (broad SMARTS) is 1. The van der Waals surface area contributed by atoms with Crippen molar-refractivity contribution in [2.75, 3.05) is 5.75 Å². The van der Waals surface area contributed by atoms with Crippen LogP contribution in [0.5, 0.6) is 0 Å². The van der Waals surface area contributed by atoms with E-state index in [1.807, 2.05) is 19.3 Å². The van der Waals surface area contributed by atoms with Crippen molar-refractivity contribution in [3.8, 4) is 0 Å². The van der Waals surface area contributed by atoms with Crippen LogP contribution in [0, 0.1) is 0 Å². The number of thioether (sulfide) groups is 1. The van der Waals surface area contributed by atoms with E-state index in [0.717, 1.165) is 5.69 Å². The summed E-state index contributed by atoms with van der Waals surface area (Å²) >= 11 is 1.35. The fourth-order valence-corrected chi connectivity index (χ4v) is 1.42. The third-order valence-corrected chi connectivity index (χ3v) is 2.20. The zero-order valence-corrected chi connectivity index (χ0v) is 7.54. The number of hydrogen-bond donors (Lipinski definition) is 1. The Hall–Kier alpha value is -0.970. The number of hydrogen-bond acceptors (Lipinski definition) is 3. The summed E-state index contributed by atoms with van der Waals surface area (Å²) in [7, 11) is 1.84. The molecule has 5 heteroatoms. The van der Waals surface area contributed by atoms with Gasteiger partial charge < -0.3 is 5.11 Å². The van der Waals surface area contributed by atoms with Gasteiger partial charge in [0.05, 0.1) is 11.4 Å². The summed E-state index contributed by atoms with van der Waals surface area (Å²) in [5.41, 5.74) is 0.920. The molecule has 0 saturated heterocycles. The molecule has 1 aromatic rings. The van der Waals surface area contributed by atoms with Gasteiger partial charge in [-0.1, -0.05) is 0 Å². The number of rotatable bonds is 4. The van der Waals surface area contributed by atoms with E-state index in [1.165, 1.54) is 11.8 Å². The van der Waals surface area contributed by atoms with E-state index in [4.69, 9.17) is 5.11 Å². The fraction of sp³-hybridized carbons (Fsp3) is 0.429. The predicted octanol–water partition coefficient (Wildman–Crippen LogP) is 0.738. The highest BCUT2D eigenvalue weighted by Gasteiger charge is 1.99. The molecule has 0 aliphatic carbocycles. The molecule has 1 N–H and O–H groups in total. The van der Waals surface area contributed by atoms with E-state index < -0.39 is 5.97 Å². The molecule has 0 aliphatic heterocycles. The molecule has 0 aliphatic rings. The van der Waals surface area contributed by atoms with E-state index in [0.29, 0.717) is 5.75 Å². The SMILES string of the molecule is Cn1ccc(CSCC(=O)O)n1. The van der Waals surface area contributed by atoms with Crippen molar-refractivity contribution in [2.24, 2.45) is 7.05 Å². The van der Waals surface area contributed by atoms with Crippen molar-refractivity contribution in [1.29, 1.82) is 0 Å². The Morgan fingerprint density at radius 2 is 2.58 bits per heavy atom. The predicted molar refractivity (Wildman–Crippen MR) is 47.0 cm³/mol. The lowest BCUT2D eigenvalue weighted by atomic mass is 10.5. The third-order valence-electron chi connectivity index (χ3n) is 1.24. The van der Waals surface area contributed by atoms with Crippen molar-refractivity contribution in [3.63, 3.8) is 0 Å². The average Bonchev–Trinajstić information content (AvgIpc) is 2.35. The smallest absolute Gasteiger partial charge is 0.313 e. The number of aromatic nitrogens is 2. The van der Waals surface area contributed by atoms with Crippen LogP contribution >= 0.6 is 11.8 Å². The lowest BCUT2D eigenvalue weighted by Gasteiger charge is -1.93. The van der Waals surface area contributed by atoms with Gasteiger partial charge in [0, 0.05) is 19.0 Å². The summed E-state index contributed by atoms with van der Waals surface area (Å²) in [6.07, 6.45) is 1.84. The summed E-state index contributed by atoms with van der Waals surface area (Å²) in [5.74, 6) is 0.0138. The highest BCUT2D eigenvalue weighted by Crippen LogP contribution is 2.08. The molecule has 0 radical (unpaired) electrons. The van der Waals surface area contributed by atoms with Gasteiger partial charge in [0.25, 0.3) is 0 Å². The van der Waals surface area contributed by atoms with Crippen LogP contribution in [0.1, 0.15) is 5.69 Å². The molecule has 0 bridgehead atoms. The largest absolute Gasteiger partial charge is 0.481 e. The molecule has 1 heterocycles. The Bertz CT molecular complexity index is 272. The molecule has 0 atom stereocenters. The number of carbonyl (C=O) groups is 1. The van der Waals surface area contributed by atoms with Gasteiger partial charge in [-0.05, 0) is 6.07 Å². The van der Waals surface area contributed by atoms with Crippen LogP contribution < -0.4 is 0 Å². The fourth-order valence-electron chi connectivity index (χ4n) is 0.783. The lowest BCUT2D eigenvalue weighted by Crippen LogP contribution is -1.98. The van der Waals surface area contributed by atoms with Crippen LogP contribution in [0.25, 0.3) is 0 Å². The number of aryl methyl sites for hydroxylation is 1. The molecule has 0 saturated carbocycles. The first-order valence-corrected chi connectivity index (χ1v) is 4.62. The van der Waals surface area contributed by atoms with Crippen molar-refractivity contribution in [2.45, 2.75) is 5.75 Å². The molecule has 4 nitrogen and oxygen atoms in total. The Balaban J connectivity index is 2.29. The maximum Gasteiger partial charge on any atom is 0.313 e. The minimum Gasteiger partial charge on any atom is -0.481 e. The van der Waals surface area contributed by atoms with Gasteiger partial charge in [-0.25, -0.2) is 0 Å². The Morgan fingerprint density at radius 1 is 1.83 bits per heavy atom. The number of nitrogens with zero attached hydrogens (tertiary/aromatic N) is 2. The molecule has 0 aromatic carbocycles. The van der Waals surface area contributed by atoms with Gasteiger partial charge in [-0.15, -0.1) is 11.8 Å². The van der Waals surface area contributed by atoms with E-state index in [1.54, 1.807) is 4.68 Å². The zero-order chi connectivity index (χ0) is 8.97. The van der Waals surface area contributed by atoms with E-state index in [-0.39, 0.29) is 5.75 Å². The molecule has 1 rings (SSSR count). The first-order chi connectivity index (χ1) is 5.68. The maximum absolute atomic E-state index is 10.1. The molecule has 66 valence electrons. The second-order valence-corrected chi connectivity index (χ2v) is 3.35. The Kier molecular flexibility index (Phi) is 3.16.